The fourth-order valence-corrected chi connectivity index (χ4v) is 3.37. The van der Waals surface area contributed by atoms with Crippen molar-refractivity contribution in [2.24, 2.45) is 0 Å². The number of hydrogen-bond acceptors (Lipinski definition) is 4. The SMILES string of the molecule is CNc1nc(C2CCCO2)nc(C(C)(C)C)c1I. The third kappa shape index (κ3) is 2.77. The molecule has 1 aliphatic rings. The molecule has 0 spiro atoms. The molecule has 5 heteroatoms. The number of nitrogens with zero attached hydrogens (tertiary/aromatic N) is 2. The van der Waals surface area contributed by atoms with Gasteiger partial charge in [-0.25, -0.2) is 9.97 Å². The van der Waals surface area contributed by atoms with Gasteiger partial charge in [0, 0.05) is 19.1 Å². The first-order valence-corrected chi connectivity index (χ1v) is 7.38. The lowest BCUT2D eigenvalue weighted by atomic mass is 9.91. The first kappa shape index (κ1) is 14.0. The van der Waals surface area contributed by atoms with Crippen molar-refractivity contribution < 1.29 is 4.74 Å². The van der Waals surface area contributed by atoms with Crippen molar-refractivity contribution in [2.75, 3.05) is 19.0 Å². The lowest BCUT2D eigenvalue weighted by molar-refractivity contribution is 0.104. The molecule has 1 aliphatic heterocycles. The van der Waals surface area contributed by atoms with E-state index >= 15 is 0 Å². The molecule has 1 atom stereocenters. The molecule has 1 saturated heterocycles. The minimum absolute atomic E-state index is 0.0123. The van der Waals surface area contributed by atoms with Crippen molar-refractivity contribution >= 4 is 28.4 Å². The second-order valence-corrected chi connectivity index (χ2v) is 6.67. The van der Waals surface area contributed by atoms with Gasteiger partial charge in [-0.3, -0.25) is 0 Å². The lowest BCUT2D eigenvalue weighted by Crippen LogP contribution is -2.20. The Kier molecular flexibility index (Phi) is 4.11. The summed E-state index contributed by atoms with van der Waals surface area (Å²) in [6, 6.07) is 0. The van der Waals surface area contributed by atoms with Gasteiger partial charge < -0.3 is 10.1 Å². The summed E-state index contributed by atoms with van der Waals surface area (Å²) in [6.45, 7) is 7.35. The Balaban J connectivity index is 2.48. The summed E-state index contributed by atoms with van der Waals surface area (Å²) < 4.78 is 6.79. The van der Waals surface area contributed by atoms with Crippen LogP contribution in [0.25, 0.3) is 0 Å². The minimum Gasteiger partial charge on any atom is -0.372 e. The van der Waals surface area contributed by atoms with Crippen molar-refractivity contribution in [1.82, 2.24) is 9.97 Å². The Labute approximate surface area is 122 Å². The maximum atomic E-state index is 5.69. The summed E-state index contributed by atoms with van der Waals surface area (Å²) in [5.74, 6) is 1.73. The first-order valence-electron chi connectivity index (χ1n) is 6.30. The second kappa shape index (κ2) is 5.28. The third-order valence-electron chi connectivity index (χ3n) is 3.03. The van der Waals surface area contributed by atoms with E-state index in [4.69, 9.17) is 9.72 Å². The van der Waals surface area contributed by atoms with Crippen molar-refractivity contribution in [2.45, 2.75) is 45.1 Å². The molecular formula is C13H20IN3O. The van der Waals surface area contributed by atoms with Gasteiger partial charge in [-0.2, -0.15) is 0 Å². The summed E-state index contributed by atoms with van der Waals surface area (Å²) in [5.41, 5.74) is 1.10. The molecule has 2 heterocycles. The molecule has 1 fully saturated rings. The van der Waals surface area contributed by atoms with Gasteiger partial charge >= 0.3 is 0 Å². The van der Waals surface area contributed by atoms with Crippen molar-refractivity contribution in [3.05, 3.63) is 15.1 Å². The quantitative estimate of drug-likeness (QED) is 0.822. The number of hydrogen-bond donors (Lipinski definition) is 1. The average Bonchev–Trinajstić information content (AvgIpc) is 2.81. The minimum atomic E-state index is 0.0123. The molecule has 0 radical (unpaired) electrons. The van der Waals surface area contributed by atoms with E-state index in [1.165, 1.54) is 0 Å². The molecule has 18 heavy (non-hydrogen) atoms. The Bertz CT molecular complexity index is 437. The molecule has 0 amide bonds. The summed E-state index contributed by atoms with van der Waals surface area (Å²) >= 11 is 2.32. The van der Waals surface area contributed by atoms with E-state index in [0.29, 0.717) is 0 Å². The molecule has 1 aromatic heterocycles. The molecule has 1 N–H and O–H groups in total. The predicted octanol–water partition coefficient (Wildman–Crippen LogP) is 3.27. The van der Waals surface area contributed by atoms with Crippen LogP contribution in [0, 0.1) is 3.57 Å². The molecule has 1 unspecified atom stereocenters. The van der Waals surface area contributed by atoms with Crippen LogP contribution >= 0.6 is 22.6 Å². The standard InChI is InChI=1S/C13H20IN3O/c1-13(2,3)10-9(14)12(15-4)17-11(16-10)8-6-5-7-18-8/h8H,5-7H2,1-4H3,(H,15,16,17). The lowest BCUT2D eigenvalue weighted by Gasteiger charge is -2.22. The van der Waals surface area contributed by atoms with Gasteiger partial charge in [0.2, 0.25) is 0 Å². The number of rotatable bonds is 2. The van der Waals surface area contributed by atoms with Gasteiger partial charge in [-0.15, -0.1) is 0 Å². The van der Waals surface area contributed by atoms with Crippen molar-refractivity contribution in [1.29, 1.82) is 0 Å². The van der Waals surface area contributed by atoms with E-state index in [9.17, 15) is 0 Å². The molecule has 2 rings (SSSR count). The largest absolute Gasteiger partial charge is 0.372 e. The Morgan fingerprint density at radius 1 is 1.33 bits per heavy atom. The highest BCUT2D eigenvalue weighted by molar-refractivity contribution is 14.1. The Morgan fingerprint density at radius 3 is 2.56 bits per heavy atom. The third-order valence-corrected chi connectivity index (χ3v) is 4.06. The van der Waals surface area contributed by atoms with Gasteiger partial charge in [0.15, 0.2) is 5.82 Å². The summed E-state index contributed by atoms with van der Waals surface area (Å²) in [5, 5.41) is 3.16. The van der Waals surface area contributed by atoms with Gasteiger partial charge in [-0.05, 0) is 35.4 Å². The molecule has 0 saturated carbocycles. The van der Waals surface area contributed by atoms with E-state index in [2.05, 4.69) is 53.7 Å². The number of nitrogens with one attached hydrogen (secondary N) is 1. The van der Waals surface area contributed by atoms with Crippen LogP contribution in [-0.4, -0.2) is 23.6 Å². The monoisotopic (exact) mass is 361 g/mol. The van der Waals surface area contributed by atoms with Crippen LogP contribution in [0.3, 0.4) is 0 Å². The molecule has 0 aromatic carbocycles. The van der Waals surface area contributed by atoms with E-state index < -0.39 is 0 Å². The Hall–Kier alpha value is -0.430. The number of anilines is 1. The molecule has 100 valence electrons. The highest BCUT2D eigenvalue weighted by Gasteiger charge is 2.27. The fraction of sp³-hybridized carbons (Fsp3) is 0.692. The Morgan fingerprint density at radius 2 is 2.06 bits per heavy atom. The van der Waals surface area contributed by atoms with E-state index in [0.717, 1.165) is 40.4 Å². The van der Waals surface area contributed by atoms with E-state index in [-0.39, 0.29) is 11.5 Å². The summed E-state index contributed by atoms with van der Waals surface area (Å²) in [4.78, 5) is 9.34. The predicted molar refractivity (Wildman–Crippen MR) is 80.9 cm³/mol. The molecular weight excluding hydrogens is 341 g/mol. The van der Waals surface area contributed by atoms with Crippen LogP contribution in [0.5, 0.6) is 0 Å². The van der Waals surface area contributed by atoms with Crippen LogP contribution in [0.4, 0.5) is 5.82 Å². The van der Waals surface area contributed by atoms with Crippen molar-refractivity contribution in [3.8, 4) is 0 Å². The maximum Gasteiger partial charge on any atom is 0.159 e. The fourth-order valence-electron chi connectivity index (χ4n) is 2.05. The maximum absolute atomic E-state index is 5.69. The van der Waals surface area contributed by atoms with Gasteiger partial charge in [0.05, 0.1) is 9.26 Å². The molecule has 0 aliphatic carbocycles. The summed E-state index contributed by atoms with van der Waals surface area (Å²) in [7, 11) is 1.90. The molecule has 1 aromatic rings. The van der Waals surface area contributed by atoms with Crippen LogP contribution in [0.15, 0.2) is 0 Å². The van der Waals surface area contributed by atoms with Crippen LogP contribution in [0.1, 0.15) is 51.2 Å². The molecule has 4 nitrogen and oxygen atoms in total. The highest BCUT2D eigenvalue weighted by Crippen LogP contribution is 2.33. The van der Waals surface area contributed by atoms with Crippen LogP contribution < -0.4 is 5.32 Å². The topological polar surface area (TPSA) is 47.0 Å². The molecule has 0 bridgehead atoms. The van der Waals surface area contributed by atoms with Gasteiger partial charge in [0.1, 0.15) is 11.9 Å². The average molecular weight is 361 g/mol. The van der Waals surface area contributed by atoms with Gasteiger partial charge in [0.25, 0.3) is 0 Å². The van der Waals surface area contributed by atoms with E-state index in [1.54, 1.807) is 0 Å². The zero-order chi connectivity index (χ0) is 13.3. The zero-order valence-electron chi connectivity index (χ0n) is 11.4. The van der Waals surface area contributed by atoms with Gasteiger partial charge in [-0.1, -0.05) is 20.8 Å². The van der Waals surface area contributed by atoms with Crippen molar-refractivity contribution in [3.63, 3.8) is 0 Å². The number of aromatic nitrogens is 2. The van der Waals surface area contributed by atoms with Crippen LogP contribution in [-0.2, 0) is 10.2 Å². The second-order valence-electron chi connectivity index (χ2n) is 5.59. The highest BCUT2D eigenvalue weighted by atomic mass is 127. The smallest absolute Gasteiger partial charge is 0.159 e. The number of halogens is 1. The zero-order valence-corrected chi connectivity index (χ0v) is 13.5. The number of ether oxygens (including phenoxy) is 1. The van der Waals surface area contributed by atoms with E-state index in [1.807, 2.05) is 7.05 Å². The normalized spacial score (nSPS) is 20.2. The summed E-state index contributed by atoms with van der Waals surface area (Å²) in [6.07, 6.45) is 2.18. The first-order chi connectivity index (χ1) is 8.43. The van der Waals surface area contributed by atoms with Crippen LogP contribution in [0.2, 0.25) is 0 Å².